The third kappa shape index (κ3) is 4.65. The molecule has 8 heteroatoms. The quantitative estimate of drug-likeness (QED) is 0.514. The molecule has 5 nitrogen and oxygen atoms in total. The molecule has 0 atom stereocenters. The molecule has 1 fully saturated rings. The van der Waals surface area contributed by atoms with Gasteiger partial charge in [0.15, 0.2) is 0 Å². The molecule has 2 aromatic carbocycles. The van der Waals surface area contributed by atoms with Crippen LogP contribution in [0.15, 0.2) is 48.7 Å². The lowest BCUT2D eigenvalue weighted by Gasteiger charge is -2.21. The van der Waals surface area contributed by atoms with Crippen molar-refractivity contribution in [3.05, 3.63) is 69.3 Å². The van der Waals surface area contributed by atoms with Gasteiger partial charge in [-0.3, -0.25) is 10.2 Å². The van der Waals surface area contributed by atoms with E-state index in [9.17, 15) is 4.79 Å². The van der Waals surface area contributed by atoms with Gasteiger partial charge in [0.25, 0.3) is 5.91 Å². The minimum absolute atomic E-state index is 0.196. The van der Waals surface area contributed by atoms with Gasteiger partial charge in [-0.05, 0) is 43.2 Å². The van der Waals surface area contributed by atoms with E-state index in [-0.39, 0.29) is 5.91 Å². The number of hydrazine groups is 1. The Morgan fingerprint density at radius 2 is 1.57 bits per heavy atom. The van der Waals surface area contributed by atoms with Crippen LogP contribution in [0.1, 0.15) is 36.0 Å². The van der Waals surface area contributed by atoms with E-state index in [1.807, 2.05) is 17.1 Å². The van der Waals surface area contributed by atoms with E-state index in [0.29, 0.717) is 32.0 Å². The molecule has 1 aliphatic heterocycles. The fraction of sp³-hybridized carbons (Fsp3) is 0.273. The summed E-state index contributed by atoms with van der Waals surface area (Å²) in [5.41, 5.74) is 5.60. The number of benzene rings is 2. The summed E-state index contributed by atoms with van der Waals surface area (Å²) in [6.07, 6.45) is 6.10. The first kappa shape index (κ1) is 21.2. The highest BCUT2D eigenvalue weighted by atomic mass is 35.5. The Morgan fingerprint density at radius 1 is 0.900 bits per heavy atom. The second-order valence-electron chi connectivity index (χ2n) is 7.26. The van der Waals surface area contributed by atoms with E-state index < -0.39 is 0 Å². The molecule has 0 unspecified atom stereocenters. The number of nitrogens with one attached hydrogen (secondary N) is 1. The highest BCUT2D eigenvalue weighted by molar-refractivity contribution is 6.35. The molecule has 0 spiro atoms. The number of carbonyl (C=O) groups excluding carboxylic acids is 1. The molecular formula is C22H21Cl3N4O. The van der Waals surface area contributed by atoms with E-state index in [1.54, 1.807) is 41.2 Å². The first-order chi connectivity index (χ1) is 14.5. The highest BCUT2D eigenvalue weighted by Gasteiger charge is 2.23. The van der Waals surface area contributed by atoms with Crippen molar-refractivity contribution in [3.8, 4) is 16.9 Å². The number of carbonyl (C=O) groups is 1. The fourth-order valence-electron chi connectivity index (χ4n) is 3.62. The Kier molecular flexibility index (Phi) is 6.64. The van der Waals surface area contributed by atoms with Gasteiger partial charge in [-0.2, -0.15) is 5.10 Å². The zero-order chi connectivity index (χ0) is 21.1. The minimum atomic E-state index is -0.196. The number of hydrogen-bond acceptors (Lipinski definition) is 3. The molecule has 0 radical (unpaired) electrons. The van der Waals surface area contributed by atoms with Gasteiger partial charge in [0.05, 0.1) is 28.2 Å². The minimum Gasteiger partial charge on any atom is -0.285 e. The van der Waals surface area contributed by atoms with Crippen molar-refractivity contribution in [2.45, 2.75) is 25.7 Å². The van der Waals surface area contributed by atoms with Gasteiger partial charge in [-0.25, -0.2) is 9.69 Å². The number of nitrogens with zero attached hydrogens (tertiary/aromatic N) is 3. The van der Waals surface area contributed by atoms with Crippen molar-refractivity contribution in [3.63, 3.8) is 0 Å². The van der Waals surface area contributed by atoms with Crippen LogP contribution in [-0.2, 0) is 0 Å². The Bertz CT molecular complexity index is 1040. The van der Waals surface area contributed by atoms with Gasteiger partial charge in [0.2, 0.25) is 0 Å². The number of hydrogen-bond donors (Lipinski definition) is 1. The number of rotatable bonds is 4. The highest BCUT2D eigenvalue weighted by Crippen LogP contribution is 2.32. The van der Waals surface area contributed by atoms with E-state index in [2.05, 4.69) is 10.5 Å². The number of halogens is 3. The third-order valence-electron chi connectivity index (χ3n) is 5.14. The van der Waals surface area contributed by atoms with Crippen LogP contribution in [0.2, 0.25) is 15.1 Å². The monoisotopic (exact) mass is 462 g/mol. The zero-order valence-electron chi connectivity index (χ0n) is 16.2. The Hall–Kier alpha value is -2.05. The standard InChI is InChI=1S/C22H21Cl3N4O/c23-16-7-5-15(6-8-16)21-18(22(30)27-28-11-3-1-2-4-12-28)14-26-29(21)20-10-9-17(24)13-19(20)25/h5-10,13-14H,1-4,11-12H2,(H,27,30). The Labute approximate surface area is 190 Å². The van der Waals surface area contributed by atoms with E-state index in [0.717, 1.165) is 31.5 Å². The van der Waals surface area contributed by atoms with Crippen LogP contribution in [0.5, 0.6) is 0 Å². The van der Waals surface area contributed by atoms with Crippen LogP contribution >= 0.6 is 34.8 Å². The summed E-state index contributed by atoms with van der Waals surface area (Å²) in [5.74, 6) is -0.196. The van der Waals surface area contributed by atoms with Gasteiger partial charge < -0.3 is 0 Å². The van der Waals surface area contributed by atoms with Crippen LogP contribution in [0, 0.1) is 0 Å². The maximum atomic E-state index is 13.2. The normalized spacial score (nSPS) is 15.0. The summed E-state index contributed by atoms with van der Waals surface area (Å²) in [4.78, 5) is 13.2. The van der Waals surface area contributed by atoms with Gasteiger partial charge >= 0.3 is 0 Å². The zero-order valence-corrected chi connectivity index (χ0v) is 18.5. The van der Waals surface area contributed by atoms with Gasteiger partial charge in [-0.15, -0.1) is 0 Å². The van der Waals surface area contributed by atoms with Crippen LogP contribution in [-0.4, -0.2) is 33.8 Å². The molecule has 4 rings (SSSR count). The first-order valence-electron chi connectivity index (χ1n) is 9.88. The van der Waals surface area contributed by atoms with Crippen molar-refractivity contribution in [1.82, 2.24) is 20.2 Å². The molecule has 0 aliphatic carbocycles. The largest absolute Gasteiger partial charge is 0.285 e. The average molecular weight is 464 g/mol. The molecule has 0 bridgehead atoms. The van der Waals surface area contributed by atoms with Crippen molar-refractivity contribution in [2.75, 3.05) is 13.1 Å². The topological polar surface area (TPSA) is 50.2 Å². The molecule has 1 amide bonds. The maximum Gasteiger partial charge on any atom is 0.269 e. The summed E-state index contributed by atoms with van der Waals surface area (Å²) in [5, 5.41) is 8.07. The summed E-state index contributed by atoms with van der Waals surface area (Å²) >= 11 is 18.6. The SMILES string of the molecule is O=C(NN1CCCCCC1)c1cnn(-c2ccc(Cl)cc2Cl)c1-c1ccc(Cl)cc1. The molecule has 1 aromatic heterocycles. The molecule has 1 N–H and O–H groups in total. The van der Waals surface area contributed by atoms with Crippen LogP contribution in [0.25, 0.3) is 16.9 Å². The van der Waals surface area contributed by atoms with E-state index in [1.165, 1.54) is 12.8 Å². The van der Waals surface area contributed by atoms with Crippen LogP contribution in [0.3, 0.4) is 0 Å². The molecular weight excluding hydrogens is 443 g/mol. The second-order valence-corrected chi connectivity index (χ2v) is 8.54. The maximum absolute atomic E-state index is 13.2. The van der Waals surface area contributed by atoms with Gasteiger partial charge in [0.1, 0.15) is 0 Å². The van der Waals surface area contributed by atoms with Gasteiger partial charge in [-0.1, -0.05) is 59.8 Å². The first-order valence-corrected chi connectivity index (χ1v) is 11.0. The molecule has 156 valence electrons. The lowest BCUT2D eigenvalue weighted by molar-refractivity contribution is 0.0795. The molecule has 1 aliphatic rings. The third-order valence-corrected chi connectivity index (χ3v) is 5.92. The van der Waals surface area contributed by atoms with Gasteiger partial charge in [0, 0.05) is 28.7 Å². The summed E-state index contributed by atoms with van der Waals surface area (Å²) in [6.45, 7) is 1.69. The number of amides is 1. The van der Waals surface area contributed by atoms with Crippen molar-refractivity contribution < 1.29 is 4.79 Å². The lowest BCUT2D eigenvalue weighted by atomic mass is 10.1. The van der Waals surface area contributed by atoms with Crippen LogP contribution in [0.4, 0.5) is 0 Å². The van der Waals surface area contributed by atoms with E-state index in [4.69, 9.17) is 34.8 Å². The molecule has 0 saturated carbocycles. The summed E-state index contributed by atoms with van der Waals surface area (Å²) in [7, 11) is 0. The molecule has 3 aromatic rings. The summed E-state index contributed by atoms with van der Waals surface area (Å²) < 4.78 is 1.67. The fourth-order valence-corrected chi connectivity index (χ4v) is 4.24. The summed E-state index contributed by atoms with van der Waals surface area (Å²) in [6, 6.07) is 12.5. The molecule has 30 heavy (non-hydrogen) atoms. The second kappa shape index (κ2) is 9.40. The van der Waals surface area contributed by atoms with Crippen molar-refractivity contribution in [2.24, 2.45) is 0 Å². The van der Waals surface area contributed by atoms with Crippen molar-refractivity contribution in [1.29, 1.82) is 0 Å². The van der Waals surface area contributed by atoms with Crippen molar-refractivity contribution >= 4 is 40.7 Å². The predicted molar refractivity (Wildman–Crippen MR) is 122 cm³/mol. The smallest absolute Gasteiger partial charge is 0.269 e. The lowest BCUT2D eigenvalue weighted by Crippen LogP contribution is -2.42. The predicted octanol–water partition coefficient (Wildman–Crippen LogP) is 6.02. The average Bonchev–Trinajstić information content (AvgIpc) is 2.99. The Morgan fingerprint density at radius 3 is 2.23 bits per heavy atom. The van der Waals surface area contributed by atoms with E-state index >= 15 is 0 Å². The van der Waals surface area contributed by atoms with Crippen LogP contribution < -0.4 is 5.43 Å². The Balaban J connectivity index is 1.75. The molecule has 1 saturated heterocycles. The molecule has 2 heterocycles. The number of aromatic nitrogens is 2.